The lowest BCUT2D eigenvalue weighted by atomic mass is 9.90. The second kappa shape index (κ2) is 11.1. The molecule has 5 aromatic rings. The first-order valence-electron chi connectivity index (χ1n) is 14.2. The minimum atomic E-state index is -0.990. The molecule has 2 aromatic carbocycles. The van der Waals surface area contributed by atoms with E-state index in [1.165, 1.54) is 18.5 Å². The van der Waals surface area contributed by atoms with E-state index in [1.807, 2.05) is 4.90 Å². The highest BCUT2D eigenvalue weighted by atomic mass is 35.5. The summed E-state index contributed by atoms with van der Waals surface area (Å²) in [5, 5.41) is 14.1. The molecular weight excluding hydrogens is 594 g/mol. The van der Waals surface area contributed by atoms with E-state index in [2.05, 4.69) is 24.6 Å². The summed E-state index contributed by atoms with van der Waals surface area (Å²) in [6.45, 7) is 2.16. The van der Waals surface area contributed by atoms with E-state index in [9.17, 15) is 18.7 Å². The summed E-state index contributed by atoms with van der Waals surface area (Å²) < 4.78 is 38.5. The summed E-state index contributed by atoms with van der Waals surface area (Å²) in [7, 11) is 0. The fourth-order valence-electron chi connectivity index (χ4n) is 6.17. The predicted octanol–water partition coefficient (Wildman–Crippen LogP) is 5.10. The van der Waals surface area contributed by atoms with E-state index in [1.54, 1.807) is 35.3 Å². The minimum absolute atomic E-state index is 0.00740. The van der Waals surface area contributed by atoms with Crippen molar-refractivity contribution < 1.29 is 23.4 Å². The molecule has 1 saturated carbocycles. The van der Waals surface area contributed by atoms with E-state index in [4.69, 9.17) is 21.3 Å². The average molecular weight is 621 g/mol. The Bertz CT molecular complexity index is 1860. The molecule has 14 heteroatoms. The molecule has 1 spiro atoms. The van der Waals surface area contributed by atoms with Crippen LogP contribution in [0.25, 0.3) is 11.0 Å². The maximum Gasteiger partial charge on any atom is 0.335 e. The maximum absolute atomic E-state index is 14.9. The number of carboxylic acids is 1. The second-order valence-electron chi connectivity index (χ2n) is 11.2. The lowest BCUT2D eigenvalue weighted by molar-refractivity contribution is 0.0697. The molecule has 3 aromatic heterocycles. The number of aryl methyl sites for hydroxylation is 2. The first kappa shape index (κ1) is 28.1. The van der Waals surface area contributed by atoms with E-state index >= 15 is 0 Å². The molecule has 0 radical (unpaired) electrons. The SMILES string of the molecule is O=C(O)c1ccc2nc(C3CC34CCN(c3nc(OCc5ccc(Cl)cc5F)ncc3F)CC4)n(CCn3cncn3)c2c1. The fraction of sp³-hybridized carbons (Fsp3) is 0.333. The van der Waals surface area contributed by atoms with Crippen LogP contribution in [0.1, 0.15) is 46.9 Å². The summed E-state index contributed by atoms with van der Waals surface area (Å²) in [5.74, 6) is -0.786. The number of anilines is 1. The van der Waals surface area contributed by atoms with Crippen molar-refractivity contribution in [3.8, 4) is 6.01 Å². The number of fused-ring (bicyclic) bond motifs is 1. The Hall–Kier alpha value is -4.65. The van der Waals surface area contributed by atoms with Crippen LogP contribution in [0.5, 0.6) is 6.01 Å². The molecule has 4 heterocycles. The number of carboxylic acid groups (broad SMARTS) is 1. The average Bonchev–Trinajstić information content (AvgIpc) is 3.31. The number of carbonyl (C=O) groups is 1. The van der Waals surface area contributed by atoms with Gasteiger partial charge in [-0.25, -0.2) is 28.5 Å². The molecule has 7 rings (SSSR count). The van der Waals surface area contributed by atoms with E-state index in [0.717, 1.165) is 42.3 Å². The number of hydrogen-bond donors (Lipinski definition) is 1. The largest absolute Gasteiger partial charge is 0.478 e. The van der Waals surface area contributed by atoms with Gasteiger partial charge in [0.05, 0.1) is 29.3 Å². The van der Waals surface area contributed by atoms with Crippen molar-refractivity contribution in [2.75, 3.05) is 18.0 Å². The van der Waals surface area contributed by atoms with Crippen LogP contribution in [0.2, 0.25) is 5.02 Å². The number of aromatic nitrogens is 7. The number of rotatable bonds is 9. The van der Waals surface area contributed by atoms with Crippen LogP contribution in [0.3, 0.4) is 0 Å². The highest BCUT2D eigenvalue weighted by Gasteiger charge is 2.57. The quantitative estimate of drug-likeness (QED) is 0.240. The molecule has 2 fully saturated rings. The molecule has 1 unspecified atom stereocenters. The van der Waals surface area contributed by atoms with Gasteiger partial charge in [0.1, 0.15) is 30.9 Å². The van der Waals surface area contributed by atoms with Gasteiger partial charge in [0, 0.05) is 36.1 Å². The number of benzene rings is 2. The van der Waals surface area contributed by atoms with Gasteiger partial charge in [-0.2, -0.15) is 10.1 Å². The first-order chi connectivity index (χ1) is 21.3. The molecule has 44 heavy (non-hydrogen) atoms. The van der Waals surface area contributed by atoms with E-state index < -0.39 is 17.6 Å². The van der Waals surface area contributed by atoms with Gasteiger partial charge in [-0.05, 0) is 55.0 Å². The first-order valence-corrected chi connectivity index (χ1v) is 14.6. The highest BCUT2D eigenvalue weighted by Crippen LogP contribution is 2.65. The smallest absolute Gasteiger partial charge is 0.335 e. The van der Waals surface area contributed by atoms with Gasteiger partial charge in [-0.15, -0.1) is 0 Å². The van der Waals surface area contributed by atoms with Crippen LogP contribution < -0.4 is 9.64 Å². The van der Waals surface area contributed by atoms with Crippen molar-refractivity contribution in [1.29, 1.82) is 0 Å². The maximum atomic E-state index is 14.9. The number of ether oxygens (including phenoxy) is 1. The second-order valence-corrected chi connectivity index (χ2v) is 11.7. The minimum Gasteiger partial charge on any atom is -0.478 e. The van der Waals surface area contributed by atoms with Crippen molar-refractivity contribution in [2.45, 2.75) is 44.9 Å². The van der Waals surface area contributed by atoms with Gasteiger partial charge >= 0.3 is 12.0 Å². The number of aromatic carboxylic acids is 1. The Labute approximate surface area is 255 Å². The Kier molecular flexibility index (Phi) is 7.11. The summed E-state index contributed by atoms with van der Waals surface area (Å²) in [5.41, 5.74) is 2.02. The number of halogens is 3. The van der Waals surface area contributed by atoms with Crippen molar-refractivity contribution in [3.05, 3.63) is 88.9 Å². The molecule has 2 aliphatic rings. The molecule has 226 valence electrons. The number of imidazole rings is 1. The zero-order valence-corrected chi connectivity index (χ0v) is 24.2. The number of hydrogen-bond acceptors (Lipinski definition) is 8. The number of nitrogens with zero attached hydrogens (tertiary/aromatic N) is 8. The van der Waals surface area contributed by atoms with Gasteiger partial charge in [0.2, 0.25) is 0 Å². The monoisotopic (exact) mass is 620 g/mol. The van der Waals surface area contributed by atoms with Crippen LogP contribution in [-0.4, -0.2) is 58.4 Å². The summed E-state index contributed by atoms with van der Waals surface area (Å²) in [4.78, 5) is 30.8. The van der Waals surface area contributed by atoms with Gasteiger partial charge in [0.15, 0.2) is 11.6 Å². The molecule has 1 saturated heterocycles. The summed E-state index contributed by atoms with van der Waals surface area (Å²) in [6.07, 6.45) is 6.75. The van der Waals surface area contributed by atoms with Gasteiger partial charge < -0.3 is 19.3 Å². The standard InChI is InChI=1S/C30H27ClF2N8O3/c31-20-3-1-19(22(32)12-20)15-44-29-35-14-23(33)27(38-29)39-7-5-30(6-8-39)13-21(30)26-37-24-4-2-18(28(42)43)11-25(24)41(26)10-9-40-17-34-16-36-40/h1-4,11-12,14,16-17,21H,5-10,13,15H2,(H,42,43). The molecule has 1 N–H and O–H groups in total. The van der Waals surface area contributed by atoms with Crippen molar-refractivity contribution in [2.24, 2.45) is 5.41 Å². The third-order valence-electron chi connectivity index (χ3n) is 8.68. The molecule has 0 bridgehead atoms. The van der Waals surface area contributed by atoms with Crippen LogP contribution in [0.15, 0.2) is 55.2 Å². The number of piperidine rings is 1. The van der Waals surface area contributed by atoms with Gasteiger partial charge in [-0.3, -0.25) is 4.68 Å². The zero-order chi connectivity index (χ0) is 30.4. The summed E-state index contributed by atoms with van der Waals surface area (Å²) >= 11 is 5.82. The normalized spacial score (nSPS) is 17.3. The Morgan fingerprint density at radius 3 is 2.68 bits per heavy atom. The van der Waals surface area contributed by atoms with Crippen molar-refractivity contribution in [3.63, 3.8) is 0 Å². The third kappa shape index (κ3) is 5.32. The molecule has 1 atom stereocenters. The fourth-order valence-corrected chi connectivity index (χ4v) is 6.33. The molecule has 0 amide bonds. The Balaban J connectivity index is 1.07. The topological polar surface area (TPSA) is 124 Å². The van der Waals surface area contributed by atoms with E-state index in [0.29, 0.717) is 26.2 Å². The Morgan fingerprint density at radius 2 is 1.93 bits per heavy atom. The van der Waals surface area contributed by atoms with E-state index in [-0.39, 0.29) is 45.9 Å². The van der Waals surface area contributed by atoms with Crippen molar-refractivity contribution >= 4 is 34.4 Å². The summed E-state index contributed by atoms with van der Waals surface area (Å²) in [6, 6.07) is 9.25. The molecule has 11 nitrogen and oxygen atoms in total. The molecular formula is C30H27ClF2N8O3. The molecule has 1 aliphatic carbocycles. The lowest BCUT2D eigenvalue weighted by Gasteiger charge is -2.33. The Morgan fingerprint density at radius 1 is 1.09 bits per heavy atom. The molecule has 1 aliphatic heterocycles. The van der Waals surface area contributed by atoms with Crippen LogP contribution >= 0.6 is 11.6 Å². The lowest BCUT2D eigenvalue weighted by Crippen LogP contribution is -2.36. The van der Waals surface area contributed by atoms with Crippen LogP contribution in [0.4, 0.5) is 14.6 Å². The van der Waals surface area contributed by atoms with Crippen molar-refractivity contribution in [1.82, 2.24) is 34.3 Å². The zero-order valence-electron chi connectivity index (χ0n) is 23.4. The van der Waals surface area contributed by atoms with Crippen LogP contribution in [0, 0.1) is 17.0 Å². The predicted molar refractivity (Wildman–Crippen MR) is 156 cm³/mol. The highest BCUT2D eigenvalue weighted by molar-refractivity contribution is 6.30. The third-order valence-corrected chi connectivity index (χ3v) is 8.91. The van der Waals surface area contributed by atoms with Crippen LogP contribution in [-0.2, 0) is 19.7 Å². The van der Waals surface area contributed by atoms with Gasteiger partial charge in [-0.1, -0.05) is 17.7 Å². The van der Waals surface area contributed by atoms with Gasteiger partial charge in [0.25, 0.3) is 0 Å².